The summed E-state index contributed by atoms with van der Waals surface area (Å²) in [5.41, 5.74) is 1.46. The van der Waals surface area contributed by atoms with Crippen LogP contribution in [-0.2, 0) is 26.0 Å². The van der Waals surface area contributed by atoms with Gasteiger partial charge in [0.05, 0.1) is 4.90 Å². The van der Waals surface area contributed by atoms with Gasteiger partial charge in [-0.15, -0.1) is 0 Å². The summed E-state index contributed by atoms with van der Waals surface area (Å²) in [7, 11) is -3.87. The summed E-state index contributed by atoms with van der Waals surface area (Å²) in [5, 5.41) is 2.81. The van der Waals surface area contributed by atoms with Gasteiger partial charge in [-0.2, -0.15) is 4.72 Å². The van der Waals surface area contributed by atoms with Crippen molar-refractivity contribution in [2.24, 2.45) is 11.8 Å². The van der Waals surface area contributed by atoms with E-state index in [1.54, 1.807) is 17.0 Å². The zero-order valence-electron chi connectivity index (χ0n) is 17.4. The number of amides is 2. The second-order valence-electron chi connectivity index (χ2n) is 8.57. The molecule has 0 aliphatic carbocycles. The number of likely N-dealkylation sites (tertiary alicyclic amines) is 1. The van der Waals surface area contributed by atoms with Gasteiger partial charge in [0.2, 0.25) is 21.8 Å². The Balaban J connectivity index is 1.80. The molecule has 0 saturated carbocycles. The van der Waals surface area contributed by atoms with Crippen molar-refractivity contribution in [1.29, 1.82) is 0 Å². The van der Waals surface area contributed by atoms with E-state index >= 15 is 0 Å². The van der Waals surface area contributed by atoms with Crippen molar-refractivity contribution in [3.05, 3.63) is 23.8 Å². The number of aryl methyl sites for hydroxylation is 1. The fraction of sp³-hybridized carbons (Fsp3) is 0.619. The van der Waals surface area contributed by atoms with Crippen molar-refractivity contribution in [1.82, 2.24) is 9.62 Å². The topological polar surface area (TPSA) is 95.6 Å². The summed E-state index contributed by atoms with van der Waals surface area (Å²) < 4.78 is 28.7. The molecule has 0 radical (unpaired) electrons. The predicted octanol–water partition coefficient (Wildman–Crippen LogP) is 2.52. The molecule has 8 heteroatoms. The molecular weight excluding hydrogens is 390 g/mol. The lowest BCUT2D eigenvalue weighted by molar-refractivity contribution is -0.135. The van der Waals surface area contributed by atoms with Crippen LogP contribution < -0.4 is 10.0 Å². The molecule has 2 N–H and O–H groups in total. The summed E-state index contributed by atoms with van der Waals surface area (Å²) in [6.07, 6.45) is 3.62. The van der Waals surface area contributed by atoms with Crippen LogP contribution in [0.25, 0.3) is 0 Å². The number of benzene rings is 1. The number of nitrogens with zero attached hydrogens (tertiary/aromatic N) is 1. The van der Waals surface area contributed by atoms with E-state index in [-0.39, 0.29) is 22.6 Å². The molecule has 2 amide bonds. The van der Waals surface area contributed by atoms with Crippen LogP contribution >= 0.6 is 0 Å². The number of carbonyl (C=O) groups is 2. The molecule has 29 heavy (non-hydrogen) atoms. The van der Waals surface area contributed by atoms with Crippen molar-refractivity contribution >= 4 is 27.5 Å². The minimum atomic E-state index is -3.87. The Morgan fingerprint density at radius 3 is 2.55 bits per heavy atom. The second kappa shape index (κ2) is 8.83. The largest absolute Gasteiger partial charge is 0.341 e. The van der Waals surface area contributed by atoms with Gasteiger partial charge in [0.25, 0.3) is 0 Å². The summed E-state index contributed by atoms with van der Waals surface area (Å²) in [5.74, 6) is 0.210. The zero-order chi connectivity index (χ0) is 21.2. The Labute approximate surface area is 173 Å². The molecule has 2 heterocycles. The molecule has 1 aromatic rings. The van der Waals surface area contributed by atoms with Gasteiger partial charge in [-0.1, -0.05) is 20.8 Å². The van der Waals surface area contributed by atoms with Gasteiger partial charge in [-0.25, -0.2) is 8.42 Å². The molecule has 2 aliphatic heterocycles. The Morgan fingerprint density at radius 2 is 1.90 bits per heavy atom. The van der Waals surface area contributed by atoms with Gasteiger partial charge in [-0.05, 0) is 61.3 Å². The lowest BCUT2D eigenvalue weighted by Crippen LogP contribution is -2.52. The van der Waals surface area contributed by atoms with E-state index in [4.69, 9.17) is 0 Å². The fourth-order valence-electron chi connectivity index (χ4n) is 3.85. The average Bonchev–Trinajstić information content (AvgIpc) is 2.86. The molecule has 0 aromatic heterocycles. The molecule has 1 aromatic carbocycles. The number of sulfonamides is 1. The highest BCUT2D eigenvalue weighted by atomic mass is 32.2. The molecule has 0 bridgehead atoms. The van der Waals surface area contributed by atoms with E-state index in [0.717, 1.165) is 18.4 Å². The van der Waals surface area contributed by atoms with Gasteiger partial charge in [-0.3, -0.25) is 9.59 Å². The summed E-state index contributed by atoms with van der Waals surface area (Å²) in [6, 6.07) is 3.92. The van der Waals surface area contributed by atoms with Crippen LogP contribution in [0.5, 0.6) is 0 Å². The first-order valence-electron chi connectivity index (χ1n) is 10.4. The minimum absolute atomic E-state index is 0.0567. The van der Waals surface area contributed by atoms with Crippen LogP contribution in [0.15, 0.2) is 23.1 Å². The third-order valence-corrected chi connectivity index (χ3v) is 7.26. The highest BCUT2D eigenvalue weighted by Gasteiger charge is 2.33. The molecule has 1 atom stereocenters. The van der Waals surface area contributed by atoms with E-state index in [1.807, 2.05) is 13.8 Å². The Kier molecular flexibility index (Phi) is 6.63. The molecule has 3 rings (SSSR count). The third kappa shape index (κ3) is 5.17. The van der Waals surface area contributed by atoms with E-state index in [1.165, 1.54) is 6.07 Å². The molecule has 1 fully saturated rings. The van der Waals surface area contributed by atoms with Crippen molar-refractivity contribution in [3.8, 4) is 0 Å². The van der Waals surface area contributed by atoms with Crippen molar-refractivity contribution < 1.29 is 18.0 Å². The van der Waals surface area contributed by atoms with E-state index in [2.05, 4.69) is 17.0 Å². The first-order chi connectivity index (χ1) is 13.7. The second-order valence-corrected chi connectivity index (χ2v) is 10.3. The smallest absolute Gasteiger partial charge is 0.241 e. The summed E-state index contributed by atoms with van der Waals surface area (Å²) >= 11 is 0. The number of fused-ring (bicyclic) bond motifs is 1. The van der Waals surface area contributed by atoms with Crippen LogP contribution in [-0.4, -0.2) is 44.3 Å². The first-order valence-corrected chi connectivity index (χ1v) is 11.9. The Bertz CT molecular complexity index is 874. The molecule has 1 unspecified atom stereocenters. The first kappa shape index (κ1) is 21.8. The predicted molar refractivity (Wildman–Crippen MR) is 112 cm³/mol. The number of rotatable bonds is 5. The van der Waals surface area contributed by atoms with E-state index in [9.17, 15) is 18.0 Å². The number of piperidine rings is 1. The maximum absolute atomic E-state index is 13.1. The average molecular weight is 422 g/mol. The maximum Gasteiger partial charge on any atom is 0.241 e. The lowest BCUT2D eigenvalue weighted by Gasteiger charge is -2.34. The molecule has 1 saturated heterocycles. The van der Waals surface area contributed by atoms with E-state index < -0.39 is 16.1 Å². The number of hydrogen-bond donors (Lipinski definition) is 2. The molecule has 0 spiro atoms. The highest BCUT2D eigenvalue weighted by Crippen LogP contribution is 2.26. The standard InChI is InChI=1S/C21H31N3O4S/c1-14(2)20(21(26)24-11-9-15(3)10-12-24)23-29(27,28)17-7-8-18-16(13-17)5-4-6-19(25)22-18/h7-8,13-15,20,23H,4-6,9-12H2,1-3H3,(H,22,25). The highest BCUT2D eigenvalue weighted by molar-refractivity contribution is 7.89. The number of anilines is 1. The van der Waals surface area contributed by atoms with Crippen LogP contribution in [0.3, 0.4) is 0 Å². The van der Waals surface area contributed by atoms with Crippen molar-refractivity contribution in [2.45, 2.75) is 63.8 Å². The minimum Gasteiger partial charge on any atom is -0.341 e. The molecule has 2 aliphatic rings. The quantitative estimate of drug-likeness (QED) is 0.764. The van der Waals surface area contributed by atoms with Crippen molar-refractivity contribution in [2.75, 3.05) is 18.4 Å². The number of hydrogen-bond acceptors (Lipinski definition) is 4. The number of nitrogens with one attached hydrogen (secondary N) is 2. The van der Waals surface area contributed by atoms with Crippen molar-refractivity contribution in [3.63, 3.8) is 0 Å². The van der Waals surface area contributed by atoms with Crippen LogP contribution in [0.2, 0.25) is 0 Å². The maximum atomic E-state index is 13.1. The molecule has 160 valence electrons. The van der Waals surface area contributed by atoms with E-state index in [0.29, 0.717) is 44.0 Å². The van der Waals surface area contributed by atoms with Crippen LogP contribution in [0, 0.1) is 11.8 Å². The Hall–Kier alpha value is -1.93. The molecule has 7 nitrogen and oxygen atoms in total. The van der Waals surface area contributed by atoms with Crippen LogP contribution in [0.1, 0.15) is 52.0 Å². The number of carbonyl (C=O) groups excluding carboxylic acids is 2. The summed E-state index contributed by atoms with van der Waals surface area (Å²) in [6.45, 7) is 7.21. The van der Waals surface area contributed by atoms with Gasteiger partial charge in [0.15, 0.2) is 0 Å². The fourth-order valence-corrected chi connectivity index (χ4v) is 5.24. The SMILES string of the molecule is CC1CCN(C(=O)C(NS(=O)(=O)c2ccc3c(c2)CCCC(=O)N3)C(C)C)CC1. The van der Waals surface area contributed by atoms with Gasteiger partial charge in [0, 0.05) is 25.2 Å². The summed E-state index contributed by atoms with van der Waals surface area (Å²) in [4.78, 5) is 26.6. The lowest BCUT2D eigenvalue weighted by atomic mass is 9.97. The zero-order valence-corrected chi connectivity index (χ0v) is 18.2. The van der Waals surface area contributed by atoms with Gasteiger partial charge >= 0.3 is 0 Å². The normalized spacial score (nSPS) is 19.4. The monoisotopic (exact) mass is 421 g/mol. The van der Waals surface area contributed by atoms with Crippen LogP contribution in [0.4, 0.5) is 5.69 Å². The molecular formula is C21H31N3O4S. The van der Waals surface area contributed by atoms with Gasteiger partial charge < -0.3 is 10.2 Å². The Morgan fingerprint density at radius 1 is 1.21 bits per heavy atom. The van der Waals surface area contributed by atoms with Gasteiger partial charge in [0.1, 0.15) is 6.04 Å². The third-order valence-electron chi connectivity index (χ3n) is 5.82.